The number of halogens is 2. The first kappa shape index (κ1) is 15.3. The van der Waals surface area contributed by atoms with E-state index >= 15 is 0 Å². The topological polar surface area (TPSA) is 74.4 Å². The molecule has 0 spiro atoms. The maximum atomic E-state index is 11.9. The molecule has 0 saturated carbocycles. The van der Waals surface area contributed by atoms with Crippen LogP contribution in [0.1, 0.15) is 10.4 Å². The molecule has 0 fully saturated rings. The van der Waals surface area contributed by atoms with Crippen molar-refractivity contribution in [1.29, 1.82) is 0 Å². The second kappa shape index (κ2) is 6.15. The number of nitro benzene ring substituents is 1. The molecule has 110 valence electrons. The molecule has 0 atom stereocenters. The number of nitrogens with zero attached hydrogens (tertiary/aromatic N) is 2. The third kappa shape index (κ3) is 3.53. The fourth-order valence-electron chi connectivity index (χ4n) is 1.68. The van der Waals surface area contributed by atoms with Crippen LogP contribution in [0.15, 0.2) is 30.6 Å². The van der Waals surface area contributed by atoms with Crippen LogP contribution in [0.5, 0.6) is 5.75 Å². The standard InChI is InChI=1S/C13H10Cl2N2O4/c1-16-3-2-8(6-16)12(18)7-21-13-10(14)4-9(17(19)20)5-11(13)15/h2-6H,7H2,1H3. The van der Waals surface area contributed by atoms with Gasteiger partial charge in [-0.15, -0.1) is 0 Å². The zero-order valence-electron chi connectivity index (χ0n) is 10.9. The summed E-state index contributed by atoms with van der Waals surface area (Å²) in [6.45, 7) is -0.263. The van der Waals surface area contributed by atoms with E-state index in [4.69, 9.17) is 27.9 Å². The maximum absolute atomic E-state index is 11.9. The van der Waals surface area contributed by atoms with E-state index in [-0.39, 0.29) is 33.9 Å². The molecular weight excluding hydrogens is 319 g/mol. The Balaban J connectivity index is 2.13. The van der Waals surface area contributed by atoms with Crippen molar-refractivity contribution in [2.24, 2.45) is 7.05 Å². The van der Waals surface area contributed by atoms with Crippen molar-refractivity contribution >= 4 is 34.7 Å². The summed E-state index contributed by atoms with van der Waals surface area (Å²) in [5, 5.41) is 10.6. The SMILES string of the molecule is Cn1ccc(C(=O)COc2c(Cl)cc([N+](=O)[O-])cc2Cl)c1. The maximum Gasteiger partial charge on any atom is 0.272 e. The molecule has 1 aromatic heterocycles. The number of nitro groups is 1. The summed E-state index contributed by atoms with van der Waals surface area (Å²) in [6, 6.07) is 3.90. The lowest BCUT2D eigenvalue weighted by Crippen LogP contribution is -2.11. The molecule has 0 radical (unpaired) electrons. The lowest BCUT2D eigenvalue weighted by molar-refractivity contribution is -0.384. The van der Waals surface area contributed by atoms with Gasteiger partial charge < -0.3 is 9.30 Å². The van der Waals surface area contributed by atoms with Gasteiger partial charge in [-0.05, 0) is 6.07 Å². The van der Waals surface area contributed by atoms with Crippen LogP contribution in [0.25, 0.3) is 0 Å². The van der Waals surface area contributed by atoms with Crippen molar-refractivity contribution in [2.75, 3.05) is 6.61 Å². The molecule has 6 nitrogen and oxygen atoms in total. The predicted octanol–water partition coefficient (Wildman–Crippen LogP) is 3.50. The second-order valence-corrected chi connectivity index (χ2v) is 5.09. The quantitative estimate of drug-likeness (QED) is 0.478. The number of carbonyl (C=O) groups excluding carboxylic acids is 1. The summed E-state index contributed by atoms with van der Waals surface area (Å²) in [5.74, 6) is -0.200. The van der Waals surface area contributed by atoms with E-state index in [0.29, 0.717) is 5.56 Å². The summed E-state index contributed by atoms with van der Waals surface area (Å²) >= 11 is 11.8. The van der Waals surface area contributed by atoms with Crippen LogP contribution in [-0.4, -0.2) is 21.9 Å². The van der Waals surface area contributed by atoms with Gasteiger partial charge in [0.15, 0.2) is 12.4 Å². The molecule has 0 aliphatic heterocycles. The number of aryl methyl sites for hydroxylation is 1. The van der Waals surface area contributed by atoms with Crippen LogP contribution in [0.4, 0.5) is 5.69 Å². The Morgan fingerprint density at radius 2 is 2.00 bits per heavy atom. The average Bonchev–Trinajstić information content (AvgIpc) is 2.84. The van der Waals surface area contributed by atoms with Crippen LogP contribution in [-0.2, 0) is 7.05 Å². The summed E-state index contributed by atoms with van der Waals surface area (Å²) in [5.41, 5.74) is 0.249. The zero-order valence-corrected chi connectivity index (χ0v) is 12.4. The Bertz CT molecular complexity index is 689. The number of aromatic nitrogens is 1. The second-order valence-electron chi connectivity index (χ2n) is 4.27. The lowest BCUT2D eigenvalue weighted by atomic mass is 10.2. The van der Waals surface area contributed by atoms with E-state index in [9.17, 15) is 14.9 Å². The van der Waals surface area contributed by atoms with Crippen LogP contribution < -0.4 is 4.74 Å². The van der Waals surface area contributed by atoms with Crippen molar-refractivity contribution in [2.45, 2.75) is 0 Å². The molecule has 1 aromatic carbocycles. The van der Waals surface area contributed by atoms with Gasteiger partial charge in [0.1, 0.15) is 0 Å². The molecule has 2 rings (SSSR count). The van der Waals surface area contributed by atoms with Gasteiger partial charge in [0.25, 0.3) is 5.69 Å². The van der Waals surface area contributed by atoms with Crippen LogP contribution >= 0.6 is 23.2 Å². The van der Waals surface area contributed by atoms with Gasteiger partial charge in [-0.25, -0.2) is 0 Å². The monoisotopic (exact) mass is 328 g/mol. The predicted molar refractivity (Wildman–Crippen MR) is 78.4 cm³/mol. The summed E-state index contributed by atoms with van der Waals surface area (Å²) in [6.07, 6.45) is 3.39. The molecule has 21 heavy (non-hydrogen) atoms. The number of ketones is 1. The van der Waals surface area contributed by atoms with Crippen molar-refractivity contribution in [3.8, 4) is 5.75 Å². The van der Waals surface area contributed by atoms with Gasteiger partial charge in [0, 0.05) is 37.1 Å². The molecular formula is C13H10Cl2N2O4. The number of benzene rings is 1. The highest BCUT2D eigenvalue weighted by molar-refractivity contribution is 6.37. The van der Waals surface area contributed by atoms with Gasteiger partial charge in [-0.1, -0.05) is 23.2 Å². The van der Waals surface area contributed by atoms with E-state index in [2.05, 4.69) is 0 Å². The molecule has 0 saturated heterocycles. The minimum absolute atomic E-state index is 0.0185. The highest BCUT2D eigenvalue weighted by Crippen LogP contribution is 2.36. The summed E-state index contributed by atoms with van der Waals surface area (Å²) in [4.78, 5) is 21.9. The van der Waals surface area contributed by atoms with Crippen molar-refractivity contribution in [3.05, 3.63) is 56.3 Å². The molecule has 0 aliphatic carbocycles. The number of ether oxygens (including phenoxy) is 1. The lowest BCUT2D eigenvalue weighted by Gasteiger charge is -2.08. The fraction of sp³-hybridized carbons (Fsp3) is 0.154. The molecule has 0 N–H and O–H groups in total. The number of Topliss-reactive ketones (excluding diaryl/α,β-unsaturated/α-hetero) is 1. The van der Waals surface area contributed by atoms with Gasteiger partial charge in [0.2, 0.25) is 5.78 Å². The average molecular weight is 329 g/mol. The summed E-state index contributed by atoms with van der Waals surface area (Å²) < 4.78 is 7.02. The van der Waals surface area contributed by atoms with Crippen molar-refractivity contribution < 1.29 is 14.5 Å². The van der Waals surface area contributed by atoms with Gasteiger partial charge in [-0.3, -0.25) is 14.9 Å². The first-order chi connectivity index (χ1) is 9.88. The van der Waals surface area contributed by atoms with Gasteiger partial charge in [0.05, 0.1) is 15.0 Å². The number of carbonyl (C=O) groups is 1. The normalized spacial score (nSPS) is 10.4. The first-order valence-electron chi connectivity index (χ1n) is 5.80. The van der Waals surface area contributed by atoms with Crippen molar-refractivity contribution in [1.82, 2.24) is 4.57 Å². The molecule has 0 aliphatic rings. The van der Waals surface area contributed by atoms with Gasteiger partial charge >= 0.3 is 0 Å². The minimum Gasteiger partial charge on any atom is -0.482 e. The number of hydrogen-bond acceptors (Lipinski definition) is 4. The smallest absolute Gasteiger partial charge is 0.272 e. The minimum atomic E-state index is -0.614. The Morgan fingerprint density at radius 1 is 1.38 bits per heavy atom. The van der Waals surface area contributed by atoms with E-state index < -0.39 is 4.92 Å². The van der Waals surface area contributed by atoms with E-state index in [1.54, 1.807) is 30.1 Å². The molecule has 8 heteroatoms. The van der Waals surface area contributed by atoms with Crippen LogP contribution in [0, 0.1) is 10.1 Å². The molecule has 2 aromatic rings. The molecule has 1 heterocycles. The zero-order chi connectivity index (χ0) is 15.6. The van der Waals surface area contributed by atoms with E-state index in [1.807, 2.05) is 0 Å². The number of hydrogen-bond donors (Lipinski definition) is 0. The van der Waals surface area contributed by atoms with E-state index in [0.717, 1.165) is 12.1 Å². The number of non-ortho nitro benzene ring substituents is 1. The summed E-state index contributed by atoms with van der Waals surface area (Å²) in [7, 11) is 1.79. The Hall–Kier alpha value is -2.05. The molecule has 0 amide bonds. The number of rotatable bonds is 5. The molecule has 0 unspecified atom stereocenters. The van der Waals surface area contributed by atoms with Gasteiger partial charge in [-0.2, -0.15) is 0 Å². The van der Waals surface area contributed by atoms with Crippen molar-refractivity contribution in [3.63, 3.8) is 0 Å². The Morgan fingerprint density at radius 3 is 2.48 bits per heavy atom. The largest absolute Gasteiger partial charge is 0.482 e. The highest BCUT2D eigenvalue weighted by Gasteiger charge is 2.17. The third-order valence-electron chi connectivity index (χ3n) is 2.70. The third-order valence-corrected chi connectivity index (χ3v) is 3.26. The fourth-order valence-corrected chi connectivity index (χ4v) is 2.26. The van der Waals surface area contributed by atoms with E-state index in [1.165, 1.54) is 0 Å². The first-order valence-corrected chi connectivity index (χ1v) is 6.55. The van der Waals surface area contributed by atoms with Crippen LogP contribution in [0.2, 0.25) is 10.0 Å². The Labute approximate surface area is 130 Å². The van der Waals surface area contributed by atoms with Crippen LogP contribution in [0.3, 0.4) is 0 Å². The Kier molecular flexibility index (Phi) is 4.50. The highest BCUT2D eigenvalue weighted by atomic mass is 35.5. The molecule has 0 bridgehead atoms.